The third-order valence-electron chi connectivity index (χ3n) is 5.78. The smallest absolute Gasteiger partial charge is 0.350 e. The van der Waals surface area contributed by atoms with Crippen LogP contribution in [0.15, 0.2) is 82.8 Å². The Hall–Kier alpha value is -5.47. The van der Waals surface area contributed by atoms with Crippen LogP contribution in [0.4, 0.5) is 10.1 Å². The van der Waals surface area contributed by atoms with Gasteiger partial charge in [-0.15, -0.1) is 9.78 Å². The number of methoxy groups -OCH3 is 1. The zero-order valence-corrected chi connectivity index (χ0v) is 22.0. The van der Waals surface area contributed by atoms with E-state index in [1.54, 1.807) is 42.5 Å². The predicted molar refractivity (Wildman–Crippen MR) is 144 cm³/mol. The molecule has 2 aliphatic rings. The van der Waals surface area contributed by atoms with Crippen LogP contribution in [0, 0.1) is 11.3 Å². The Morgan fingerprint density at radius 3 is 2.56 bits per heavy atom. The number of benzene rings is 1. The minimum atomic E-state index is -0.833. The summed E-state index contributed by atoms with van der Waals surface area (Å²) in [6, 6.07) is 6.75. The summed E-state index contributed by atoms with van der Waals surface area (Å²) in [4.78, 5) is 32.7. The predicted octanol–water partition coefficient (Wildman–Crippen LogP) is 2.15. The molecule has 41 heavy (non-hydrogen) atoms. The number of nitrogens with zero attached hydrogens (tertiary/aromatic N) is 4. The van der Waals surface area contributed by atoms with Crippen LogP contribution >= 0.6 is 0 Å². The van der Waals surface area contributed by atoms with Crippen molar-refractivity contribution in [3.63, 3.8) is 0 Å². The third-order valence-corrected chi connectivity index (χ3v) is 5.78. The summed E-state index contributed by atoms with van der Waals surface area (Å²) in [5.41, 5.74) is 6.27. The highest BCUT2D eigenvalue weighted by atomic mass is 19.1. The second-order valence-corrected chi connectivity index (χ2v) is 8.60. The number of nitrogens with two attached hydrogens (primary N) is 1. The number of carbonyl (C=O) groups is 1. The zero-order chi connectivity index (χ0) is 29.5. The van der Waals surface area contributed by atoms with Crippen LogP contribution in [0.5, 0.6) is 0 Å². The Labute approximate surface area is 232 Å². The van der Waals surface area contributed by atoms with Gasteiger partial charge in [0.05, 0.1) is 18.7 Å². The first-order chi connectivity index (χ1) is 19.7. The summed E-state index contributed by atoms with van der Waals surface area (Å²) in [6.45, 7) is 1.26. The highest BCUT2D eigenvalue weighted by Crippen LogP contribution is 2.41. The van der Waals surface area contributed by atoms with E-state index in [2.05, 4.69) is 25.4 Å². The summed E-state index contributed by atoms with van der Waals surface area (Å²) in [5.74, 6) is -0.754. The summed E-state index contributed by atoms with van der Waals surface area (Å²) in [7, 11) is 1.49. The molecule has 0 fully saturated rings. The van der Waals surface area contributed by atoms with E-state index < -0.39 is 29.6 Å². The average molecular weight is 567 g/mol. The van der Waals surface area contributed by atoms with Gasteiger partial charge < -0.3 is 30.4 Å². The van der Waals surface area contributed by atoms with Crippen LogP contribution in [0.1, 0.15) is 24.4 Å². The molecule has 5 rings (SSSR count). The molecule has 3 aromatic rings. The Morgan fingerprint density at radius 2 is 1.93 bits per heavy atom. The van der Waals surface area contributed by atoms with E-state index >= 15 is 4.39 Å². The van der Waals surface area contributed by atoms with Crippen LogP contribution in [0.25, 0.3) is 5.95 Å². The fraction of sp³-hybridized carbons (Fsp3) is 0.231. The number of aliphatic carboxylic acids is 1. The number of anilines is 1. The van der Waals surface area contributed by atoms with Gasteiger partial charge in [-0.1, -0.05) is 0 Å². The number of amidine groups is 1. The van der Waals surface area contributed by atoms with E-state index in [9.17, 15) is 4.79 Å². The lowest BCUT2D eigenvalue weighted by Crippen LogP contribution is -2.27. The second-order valence-electron chi connectivity index (χ2n) is 8.60. The molecule has 0 amide bonds. The highest BCUT2D eigenvalue weighted by molar-refractivity contribution is 5.95. The fourth-order valence-corrected chi connectivity index (χ4v) is 4.05. The van der Waals surface area contributed by atoms with Crippen LogP contribution in [-0.2, 0) is 19.0 Å². The molecule has 2 atom stereocenters. The number of H-pyrrole nitrogens is 1. The number of nitrogen functional groups attached to an aromatic ring is 1. The number of aromatic nitrogens is 5. The molecule has 0 spiro atoms. The normalized spacial score (nSPS) is 16.7. The minimum absolute atomic E-state index is 0.0309. The van der Waals surface area contributed by atoms with Crippen molar-refractivity contribution < 1.29 is 28.5 Å². The molecular formula is C26H27FN8O6. The van der Waals surface area contributed by atoms with Gasteiger partial charge in [-0.2, -0.15) is 4.39 Å². The van der Waals surface area contributed by atoms with Crippen molar-refractivity contribution in [2.24, 2.45) is 11.7 Å². The fourth-order valence-electron chi connectivity index (χ4n) is 4.05. The summed E-state index contributed by atoms with van der Waals surface area (Å²) >= 11 is 0. The maximum absolute atomic E-state index is 15.3. The van der Waals surface area contributed by atoms with Crippen molar-refractivity contribution in [2.45, 2.75) is 13.0 Å². The largest absolute Gasteiger partial charge is 0.497 e. The lowest BCUT2D eigenvalue weighted by atomic mass is 9.85. The molecule has 2 aromatic heterocycles. The number of carboxylic acid groups (broad SMARTS) is 1. The van der Waals surface area contributed by atoms with E-state index in [4.69, 9.17) is 35.3 Å². The van der Waals surface area contributed by atoms with E-state index in [0.717, 1.165) is 11.6 Å². The Kier molecular flexibility index (Phi) is 8.76. The Balaban J connectivity index is 0.000000909. The molecule has 0 saturated carbocycles. The van der Waals surface area contributed by atoms with Gasteiger partial charge in [0.2, 0.25) is 0 Å². The lowest BCUT2D eigenvalue weighted by Gasteiger charge is -2.30. The molecule has 0 radical (unpaired) electrons. The number of rotatable bonds is 7. The van der Waals surface area contributed by atoms with Crippen molar-refractivity contribution >= 4 is 17.5 Å². The summed E-state index contributed by atoms with van der Waals surface area (Å²) in [5, 5.41) is 22.8. The van der Waals surface area contributed by atoms with Crippen LogP contribution < -0.4 is 16.7 Å². The Bertz CT molecular complexity index is 1560. The molecule has 15 heteroatoms. The maximum atomic E-state index is 15.3. The van der Waals surface area contributed by atoms with Gasteiger partial charge in [-0.05, 0) is 36.4 Å². The average Bonchev–Trinajstić information content (AvgIpc) is 3.24. The van der Waals surface area contributed by atoms with Gasteiger partial charge in [0, 0.05) is 42.6 Å². The third kappa shape index (κ3) is 6.76. The van der Waals surface area contributed by atoms with Gasteiger partial charge in [0.25, 0.3) is 17.9 Å². The number of ether oxygens (including phenoxy) is 3. The molecular weight excluding hydrogens is 539 g/mol. The van der Waals surface area contributed by atoms with Crippen LogP contribution in [-0.4, -0.2) is 62.0 Å². The van der Waals surface area contributed by atoms with Gasteiger partial charge in [0.1, 0.15) is 30.6 Å². The van der Waals surface area contributed by atoms with Gasteiger partial charge in [0.15, 0.2) is 5.82 Å². The number of allylic oxidation sites excluding steroid dienone is 2. The monoisotopic (exact) mass is 566 g/mol. The van der Waals surface area contributed by atoms with Gasteiger partial charge in [-0.3, -0.25) is 15.2 Å². The maximum Gasteiger partial charge on any atom is 0.350 e. The molecule has 1 aromatic carbocycles. The minimum Gasteiger partial charge on any atom is -0.497 e. The van der Waals surface area contributed by atoms with E-state index in [1.807, 2.05) is 0 Å². The van der Waals surface area contributed by atoms with Crippen molar-refractivity contribution in [3.05, 3.63) is 99.9 Å². The zero-order valence-electron chi connectivity index (χ0n) is 22.0. The molecule has 1 aliphatic heterocycles. The molecule has 6 N–H and O–H groups in total. The van der Waals surface area contributed by atoms with Crippen molar-refractivity contribution in [2.75, 3.05) is 25.6 Å². The first kappa shape index (κ1) is 28.5. The first-order valence-electron chi connectivity index (χ1n) is 12.2. The molecule has 1 aliphatic carbocycles. The van der Waals surface area contributed by atoms with Crippen molar-refractivity contribution in [1.82, 2.24) is 24.7 Å². The number of hydrogen-bond acceptors (Lipinski definition) is 10. The lowest BCUT2D eigenvalue weighted by molar-refractivity contribution is -0.134. The summed E-state index contributed by atoms with van der Waals surface area (Å²) in [6.07, 6.45) is 6.25. The highest BCUT2D eigenvalue weighted by Gasteiger charge is 2.38. The van der Waals surface area contributed by atoms with Crippen molar-refractivity contribution in [1.29, 1.82) is 5.41 Å². The Morgan fingerprint density at radius 1 is 1.27 bits per heavy atom. The molecule has 0 saturated heterocycles. The number of halogens is 1. The van der Waals surface area contributed by atoms with Crippen LogP contribution in [0.2, 0.25) is 0 Å². The van der Waals surface area contributed by atoms with E-state index in [1.165, 1.54) is 19.5 Å². The van der Waals surface area contributed by atoms with Crippen molar-refractivity contribution in [3.8, 4) is 5.95 Å². The van der Waals surface area contributed by atoms with Gasteiger partial charge in [-0.25, -0.2) is 14.8 Å². The van der Waals surface area contributed by atoms with E-state index in [-0.39, 0.29) is 42.2 Å². The first-order valence-corrected chi connectivity index (χ1v) is 12.2. The number of hydrogen-bond donors (Lipinski definition) is 5. The number of aromatic amines is 1. The van der Waals surface area contributed by atoms with E-state index in [0.29, 0.717) is 17.0 Å². The number of fused-ring (bicyclic) bond motifs is 1. The number of carboxylic acids is 1. The molecule has 14 nitrogen and oxygen atoms in total. The molecule has 0 bridgehead atoms. The molecule has 3 heterocycles. The standard InChI is InChI=1S/C24H23FN8O4.C2H4O2/c1-35-15-11-16(18-17(12-15)36-9-10-37-20(18)25)19(30-14-5-3-13(4-6-14)21(26)27)22-31-24(34)33(32-22)23-28-7-2-8-29-23;1-2(3)4/h2-8,11-12,16,19,30H,9-10H2,1H3,(H3,26,27)(H,31,32,34);1H3,(H,3,4). The quantitative estimate of drug-likeness (QED) is 0.207. The second kappa shape index (κ2) is 12.6. The van der Waals surface area contributed by atoms with Crippen LogP contribution in [0.3, 0.4) is 0 Å². The topological polar surface area (TPSA) is 203 Å². The molecule has 2 unspecified atom stereocenters. The SMILES string of the molecule is CC(=O)O.COC1=CC(C(Nc2ccc(C(=N)N)cc2)c2nn(-c3ncccn3)c(=O)[nH]2)C2=C(F)OCCOC2=C1. The van der Waals surface area contributed by atoms with Gasteiger partial charge >= 0.3 is 5.69 Å². The number of nitrogens with one attached hydrogen (secondary N) is 3. The molecule has 214 valence electrons. The summed E-state index contributed by atoms with van der Waals surface area (Å²) < 4.78 is 32.7.